The summed E-state index contributed by atoms with van der Waals surface area (Å²) < 4.78 is 18.3. The molecule has 1 saturated heterocycles. The zero-order chi connectivity index (χ0) is 16.1. The predicted octanol–water partition coefficient (Wildman–Crippen LogP) is 1.71. The van der Waals surface area contributed by atoms with Gasteiger partial charge in [-0.15, -0.1) is 0 Å². The number of halogens is 1. The number of carbonyl (C=O) groups excluding carboxylic acids is 1. The maximum Gasteiger partial charge on any atom is 0.328 e. The van der Waals surface area contributed by atoms with Crippen LogP contribution in [0.3, 0.4) is 0 Å². The second kappa shape index (κ2) is 7.35. The van der Waals surface area contributed by atoms with E-state index in [1.807, 2.05) is 6.07 Å². The van der Waals surface area contributed by atoms with Crippen LogP contribution in [0.25, 0.3) is 0 Å². The van der Waals surface area contributed by atoms with Crippen LogP contribution >= 0.6 is 0 Å². The van der Waals surface area contributed by atoms with Crippen molar-refractivity contribution >= 4 is 11.9 Å². The minimum Gasteiger partial charge on any atom is -0.480 e. The number of nitrogens with zero attached hydrogens (tertiary/aromatic N) is 1. The third-order valence-electron chi connectivity index (χ3n) is 3.87. The lowest BCUT2D eigenvalue weighted by molar-refractivity contribution is -0.160. The van der Waals surface area contributed by atoms with Gasteiger partial charge in [0.25, 0.3) is 0 Å². The Morgan fingerprint density at radius 1 is 1.50 bits per heavy atom. The number of benzene rings is 1. The van der Waals surface area contributed by atoms with Gasteiger partial charge >= 0.3 is 5.97 Å². The van der Waals surface area contributed by atoms with Gasteiger partial charge in [-0.3, -0.25) is 4.79 Å². The molecule has 1 fully saturated rings. The average molecular weight is 309 g/mol. The lowest BCUT2D eigenvalue weighted by Gasteiger charge is -2.34. The molecule has 6 heteroatoms. The van der Waals surface area contributed by atoms with Crippen LogP contribution in [-0.4, -0.2) is 47.7 Å². The van der Waals surface area contributed by atoms with Gasteiger partial charge in [0.1, 0.15) is 5.82 Å². The fourth-order valence-electron chi connectivity index (χ4n) is 2.55. The molecular formula is C16H20FNO4. The highest BCUT2D eigenvalue weighted by molar-refractivity contribution is 5.85. The van der Waals surface area contributed by atoms with E-state index < -0.39 is 12.0 Å². The Hall–Kier alpha value is -1.95. The van der Waals surface area contributed by atoms with Crippen molar-refractivity contribution in [3.63, 3.8) is 0 Å². The van der Waals surface area contributed by atoms with Crippen molar-refractivity contribution in [1.29, 1.82) is 0 Å². The Labute approximate surface area is 128 Å². The van der Waals surface area contributed by atoms with E-state index >= 15 is 0 Å². The van der Waals surface area contributed by atoms with Gasteiger partial charge in [-0.1, -0.05) is 19.1 Å². The van der Waals surface area contributed by atoms with E-state index in [2.05, 4.69) is 0 Å². The third kappa shape index (κ3) is 4.04. The van der Waals surface area contributed by atoms with Crippen LogP contribution in [0.1, 0.15) is 18.9 Å². The summed E-state index contributed by atoms with van der Waals surface area (Å²) in [5, 5.41) is 9.16. The van der Waals surface area contributed by atoms with Gasteiger partial charge in [0.2, 0.25) is 5.91 Å². The van der Waals surface area contributed by atoms with Crippen LogP contribution in [0.15, 0.2) is 24.3 Å². The van der Waals surface area contributed by atoms with E-state index in [0.29, 0.717) is 26.0 Å². The van der Waals surface area contributed by atoms with Crippen LogP contribution in [0.2, 0.25) is 0 Å². The number of carboxylic acid groups (broad SMARTS) is 1. The Morgan fingerprint density at radius 2 is 2.27 bits per heavy atom. The first-order valence-electron chi connectivity index (χ1n) is 7.34. The van der Waals surface area contributed by atoms with Gasteiger partial charge in [0, 0.05) is 12.5 Å². The summed E-state index contributed by atoms with van der Waals surface area (Å²) in [6, 6.07) is 5.36. The topological polar surface area (TPSA) is 66.8 Å². The SMILES string of the molecule is C[C@@H](CCc1cccc(F)c1)C(=O)N1CCOC[C@@H]1C(=O)O. The molecule has 1 aromatic carbocycles. The molecule has 5 nitrogen and oxygen atoms in total. The second-order valence-corrected chi connectivity index (χ2v) is 5.53. The number of carbonyl (C=O) groups is 2. The Kier molecular flexibility index (Phi) is 5.49. The number of hydrogen-bond acceptors (Lipinski definition) is 3. The van der Waals surface area contributed by atoms with Crippen LogP contribution in [0.5, 0.6) is 0 Å². The lowest BCUT2D eigenvalue weighted by atomic mass is 9.99. The van der Waals surface area contributed by atoms with E-state index in [-0.39, 0.29) is 24.2 Å². The number of rotatable bonds is 5. The largest absolute Gasteiger partial charge is 0.480 e. The van der Waals surface area contributed by atoms with Crippen LogP contribution in [0, 0.1) is 11.7 Å². The molecule has 0 radical (unpaired) electrons. The molecule has 1 aliphatic heterocycles. The molecule has 2 rings (SSSR count). The summed E-state index contributed by atoms with van der Waals surface area (Å²) in [4.78, 5) is 25.0. The van der Waals surface area contributed by atoms with E-state index in [0.717, 1.165) is 5.56 Å². The van der Waals surface area contributed by atoms with Crippen molar-refractivity contribution in [2.45, 2.75) is 25.8 Å². The highest BCUT2D eigenvalue weighted by atomic mass is 19.1. The van der Waals surface area contributed by atoms with Crippen molar-refractivity contribution in [1.82, 2.24) is 4.90 Å². The molecule has 0 aromatic heterocycles. The summed E-state index contributed by atoms with van der Waals surface area (Å²) >= 11 is 0. The molecule has 0 spiro atoms. The van der Waals surface area contributed by atoms with Gasteiger partial charge in [-0.2, -0.15) is 0 Å². The van der Waals surface area contributed by atoms with Crippen LogP contribution in [0.4, 0.5) is 4.39 Å². The minimum atomic E-state index is -1.05. The number of carboxylic acids is 1. The van der Waals surface area contributed by atoms with Crippen molar-refractivity contribution in [3.8, 4) is 0 Å². The number of hydrogen-bond donors (Lipinski definition) is 1. The van der Waals surface area contributed by atoms with Crippen LogP contribution < -0.4 is 0 Å². The summed E-state index contributed by atoms with van der Waals surface area (Å²) in [7, 11) is 0. The van der Waals surface area contributed by atoms with Crippen molar-refractivity contribution in [2.75, 3.05) is 19.8 Å². The Bertz CT molecular complexity index is 549. The number of aryl methyl sites for hydroxylation is 1. The molecule has 0 bridgehead atoms. The van der Waals surface area contributed by atoms with Crippen LogP contribution in [-0.2, 0) is 20.7 Å². The number of aliphatic carboxylic acids is 1. The summed E-state index contributed by atoms with van der Waals surface area (Å²) in [6.07, 6.45) is 1.12. The molecular weight excluding hydrogens is 289 g/mol. The molecule has 1 aliphatic rings. The van der Waals surface area contributed by atoms with Gasteiger partial charge in [-0.05, 0) is 30.5 Å². The maximum absolute atomic E-state index is 13.1. The first-order valence-corrected chi connectivity index (χ1v) is 7.34. The molecule has 1 heterocycles. The lowest BCUT2D eigenvalue weighted by Crippen LogP contribution is -2.54. The first-order chi connectivity index (χ1) is 10.5. The second-order valence-electron chi connectivity index (χ2n) is 5.53. The Morgan fingerprint density at radius 3 is 2.95 bits per heavy atom. The molecule has 0 unspecified atom stereocenters. The zero-order valence-corrected chi connectivity index (χ0v) is 12.5. The predicted molar refractivity (Wildman–Crippen MR) is 77.8 cm³/mol. The fraction of sp³-hybridized carbons (Fsp3) is 0.500. The minimum absolute atomic E-state index is 0.0255. The number of amides is 1. The zero-order valence-electron chi connectivity index (χ0n) is 12.5. The first kappa shape index (κ1) is 16.4. The molecule has 1 amide bonds. The van der Waals surface area contributed by atoms with Gasteiger partial charge in [0.05, 0.1) is 13.2 Å². The third-order valence-corrected chi connectivity index (χ3v) is 3.87. The summed E-state index contributed by atoms with van der Waals surface area (Å²) in [6.45, 7) is 2.44. The molecule has 0 aliphatic carbocycles. The highest BCUT2D eigenvalue weighted by Crippen LogP contribution is 2.17. The molecule has 2 atom stereocenters. The monoisotopic (exact) mass is 309 g/mol. The Balaban J connectivity index is 1.94. The number of morpholine rings is 1. The highest BCUT2D eigenvalue weighted by Gasteiger charge is 2.34. The summed E-state index contributed by atoms with van der Waals surface area (Å²) in [5.74, 6) is -1.85. The van der Waals surface area contributed by atoms with E-state index in [4.69, 9.17) is 9.84 Å². The fourth-order valence-corrected chi connectivity index (χ4v) is 2.55. The average Bonchev–Trinajstić information content (AvgIpc) is 2.52. The maximum atomic E-state index is 13.1. The van der Waals surface area contributed by atoms with Gasteiger partial charge in [0.15, 0.2) is 6.04 Å². The van der Waals surface area contributed by atoms with Crippen molar-refractivity contribution in [2.24, 2.45) is 5.92 Å². The standard InChI is InChI=1S/C16H20FNO4/c1-11(5-6-12-3-2-4-13(17)9-12)15(19)18-7-8-22-10-14(18)16(20)21/h2-4,9,11,14H,5-8,10H2,1H3,(H,20,21)/t11-,14+/m0/s1. The molecule has 22 heavy (non-hydrogen) atoms. The van der Waals surface area contributed by atoms with Crippen molar-refractivity contribution in [3.05, 3.63) is 35.6 Å². The van der Waals surface area contributed by atoms with Gasteiger partial charge in [-0.25, -0.2) is 9.18 Å². The van der Waals surface area contributed by atoms with E-state index in [1.165, 1.54) is 17.0 Å². The van der Waals surface area contributed by atoms with Gasteiger partial charge < -0.3 is 14.7 Å². The number of ether oxygens (including phenoxy) is 1. The van der Waals surface area contributed by atoms with E-state index in [1.54, 1.807) is 13.0 Å². The molecule has 1 aromatic rings. The van der Waals surface area contributed by atoms with Crippen molar-refractivity contribution < 1.29 is 23.8 Å². The van der Waals surface area contributed by atoms with E-state index in [9.17, 15) is 14.0 Å². The molecule has 120 valence electrons. The molecule has 1 N–H and O–H groups in total. The molecule has 0 saturated carbocycles. The smallest absolute Gasteiger partial charge is 0.328 e. The normalized spacial score (nSPS) is 19.7. The quantitative estimate of drug-likeness (QED) is 0.899. The summed E-state index contributed by atoms with van der Waals surface area (Å²) in [5.41, 5.74) is 0.830.